The van der Waals surface area contributed by atoms with Crippen molar-refractivity contribution in [2.45, 2.75) is 19.1 Å². The summed E-state index contributed by atoms with van der Waals surface area (Å²) in [7, 11) is -0.261. The van der Waals surface area contributed by atoms with Gasteiger partial charge in [0.25, 0.3) is 0 Å². The first-order chi connectivity index (χ1) is 16.7. The summed E-state index contributed by atoms with van der Waals surface area (Å²) in [6.07, 6.45) is 7.79. The zero-order valence-electron chi connectivity index (χ0n) is 18.7. The molecule has 0 aliphatic carbocycles. The average molecular weight is 480 g/mol. The van der Waals surface area contributed by atoms with Crippen LogP contribution >= 0.6 is 10.9 Å². The van der Waals surface area contributed by atoms with Crippen LogP contribution in [0.3, 0.4) is 0 Å². The maximum atomic E-state index is 14.1. The van der Waals surface area contributed by atoms with E-state index in [9.17, 15) is 4.39 Å². The number of hydrogen-bond donors (Lipinski definition) is 1. The third-order valence-electron chi connectivity index (χ3n) is 5.98. The Morgan fingerprint density at radius 3 is 2.91 bits per heavy atom. The number of anilines is 1. The maximum absolute atomic E-state index is 14.1. The van der Waals surface area contributed by atoms with Gasteiger partial charge in [0, 0.05) is 30.5 Å². The summed E-state index contributed by atoms with van der Waals surface area (Å²) in [5, 5.41) is 17.9. The number of halogens is 1. The molecule has 176 valence electrons. The number of aromatic nitrogens is 1. The van der Waals surface area contributed by atoms with Gasteiger partial charge in [0.05, 0.1) is 30.8 Å². The monoisotopic (exact) mass is 479 g/mol. The van der Waals surface area contributed by atoms with Crippen molar-refractivity contribution in [1.82, 2.24) is 9.99 Å². The minimum atomic E-state index is -0.463. The van der Waals surface area contributed by atoms with E-state index >= 15 is 0 Å². The first-order valence-electron chi connectivity index (χ1n) is 11.3. The molecule has 1 saturated heterocycles. The van der Waals surface area contributed by atoms with Crippen molar-refractivity contribution in [2.24, 2.45) is 5.10 Å². The minimum absolute atomic E-state index is 0.0356. The fraction of sp³-hybridized carbons (Fsp3) is 0.320. The summed E-state index contributed by atoms with van der Waals surface area (Å²) in [6, 6.07) is 11.8. The second-order valence-corrected chi connectivity index (χ2v) is 10.5. The number of nitrogens with zero attached hydrogens (tertiary/aromatic N) is 5. The highest BCUT2D eigenvalue weighted by Gasteiger charge is 2.24. The smallest absolute Gasteiger partial charge is 0.215 e. The third-order valence-corrected chi connectivity index (χ3v) is 8.34. The van der Waals surface area contributed by atoms with Gasteiger partial charge in [0.1, 0.15) is 24.6 Å². The molecule has 1 aromatic heterocycles. The van der Waals surface area contributed by atoms with E-state index < -0.39 is 5.82 Å². The highest BCUT2D eigenvalue weighted by molar-refractivity contribution is 8.23. The number of ether oxygens (including phenoxy) is 2. The van der Waals surface area contributed by atoms with Gasteiger partial charge in [0.2, 0.25) is 5.88 Å². The van der Waals surface area contributed by atoms with Gasteiger partial charge >= 0.3 is 0 Å². The fourth-order valence-corrected chi connectivity index (χ4v) is 6.09. The van der Waals surface area contributed by atoms with E-state index in [1.165, 1.54) is 17.4 Å². The van der Waals surface area contributed by atoms with Gasteiger partial charge in [-0.15, -0.1) is 0 Å². The lowest BCUT2D eigenvalue weighted by atomic mass is 10.1. The third kappa shape index (κ3) is 5.24. The number of thiol groups is 1. The predicted octanol–water partition coefficient (Wildman–Crippen LogP) is 3.94. The molecule has 1 aromatic carbocycles. The number of benzene rings is 1. The van der Waals surface area contributed by atoms with Gasteiger partial charge in [-0.3, -0.25) is 5.01 Å². The first-order valence-corrected chi connectivity index (χ1v) is 12.9. The fourth-order valence-electron chi connectivity index (χ4n) is 3.90. The SMILES string of the molecule is N#Cc1ccc(COc2cccc(N3C=NN(CC4=CC=C[SH]4C[C@@H]4CCO4)CC3)n2)c(F)c1. The topological polar surface area (TPSA) is 74.0 Å². The Labute approximate surface area is 201 Å². The number of rotatable bonds is 8. The average Bonchev–Trinajstić information content (AvgIpc) is 3.28. The number of nitriles is 1. The van der Waals surface area contributed by atoms with Crippen molar-refractivity contribution in [3.8, 4) is 11.9 Å². The van der Waals surface area contributed by atoms with Gasteiger partial charge in [-0.05, 0) is 34.9 Å². The Morgan fingerprint density at radius 1 is 1.26 bits per heavy atom. The van der Waals surface area contributed by atoms with E-state index in [0.717, 1.165) is 37.8 Å². The molecule has 7 nitrogen and oxygen atoms in total. The van der Waals surface area contributed by atoms with Crippen molar-refractivity contribution in [3.05, 3.63) is 75.8 Å². The van der Waals surface area contributed by atoms with E-state index in [1.807, 2.05) is 23.1 Å². The lowest BCUT2D eigenvalue weighted by Gasteiger charge is -2.33. The minimum Gasteiger partial charge on any atom is -0.473 e. The lowest BCUT2D eigenvalue weighted by molar-refractivity contribution is -0.0344. The highest BCUT2D eigenvalue weighted by Crippen LogP contribution is 2.43. The van der Waals surface area contributed by atoms with E-state index in [1.54, 1.807) is 24.5 Å². The van der Waals surface area contributed by atoms with Gasteiger partial charge < -0.3 is 14.4 Å². The van der Waals surface area contributed by atoms with Crippen molar-refractivity contribution in [1.29, 1.82) is 5.26 Å². The van der Waals surface area contributed by atoms with E-state index in [2.05, 4.69) is 32.7 Å². The molecule has 0 bridgehead atoms. The standard InChI is InChI=1S/C25H26FN5O2S/c26-23-13-19(14-27)6-7-20(23)16-33-25-5-1-4-24(29-25)30-9-10-31(28-18-30)15-22-3-2-12-34(22)17-21-8-11-32-21/h1-7,12-13,18,21,34H,8-11,15-17H2/t21-/m0/s1. The summed E-state index contributed by atoms with van der Waals surface area (Å²) in [4.78, 5) is 7.98. The zero-order valence-corrected chi connectivity index (χ0v) is 19.6. The molecule has 0 radical (unpaired) electrons. The molecule has 0 spiro atoms. The Hall–Kier alpha value is -3.35. The van der Waals surface area contributed by atoms with Crippen LogP contribution in [0.4, 0.5) is 10.2 Å². The van der Waals surface area contributed by atoms with E-state index in [0.29, 0.717) is 17.5 Å². The molecule has 1 unspecified atom stereocenters. The first kappa shape index (κ1) is 22.4. The van der Waals surface area contributed by atoms with Crippen LogP contribution in [0.5, 0.6) is 5.88 Å². The van der Waals surface area contributed by atoms with Crippen LogP contribution in [-0.4, -0.2) is 54.4 Å². The van der Waals surface area contributed by atoms with Crippen LogP contribution in [0.25, 0.3) is 0 Å². The molecular weight excluding hydrogens is 453 g/mol. The molecule has 4 heterocycles. The second-order valence-electron chi connectivity index (χ2n) is 8.29. The summed E-state index contributed by atoms with van der Waals surface area (Å²) in [5.41, 5.74) is 0.658. The Bertz CT molecular complexity index is 1170. The van der Waals surface area contributed by atoms with Crippen LogP contribution in [-0.2, 0) is 11.3 Å². The molecule has 34 heavy (non-hydrogen) atoms. The molecule has 0 N–H and O–H groups in total. The molecule has 0 amide bonds. The zero-order chi connectivity index (χ0) is 23.3. The normalized spacial score (nSPS) is 22.3. The molecular formula is C25H26FN5O2S. The second kappa shape index (κ2) is 10.3. The van der Waals surface area contributed by atoms with E-state index in [4.69, 9.17) is 14.7 Å². The van der Waals surface area contributed by atoms with Gasteiger partial charge in [-0.25, -0.2) is 15.3 Å². The van der Waals surface area contributed by atoms with Crippen molar-refractivity contribution >= 4 is 23.1 Å². The van der Waals surface area contributed by atoms with Gasteiger partial charge in [0.15, 0.2) is 0 Å². The predicted molar refractivity (Wildman–Crippen MR) is 133 cm³/mol. The molecule has 3 aliphatic rings. The number of allylic oxidation sites excluding steroid dienone is 2. The van der Waals surface area contributed by atoms with Crippen LogP contribution < -0.4 is 9.64 Å². The van der Waals surface area contributed by atoms with Crippen LogP contribution in [0.2, 0.25) is 0 Å². The molecule has 1 fully saturated rings. The number of hydrogen-bond acceptors (Lipinski definition) is 7. The Kier molecular flexibility index (Phi) is 6.79. The summed E-state index contributed by atoms with van der Waals surface area (Å²) in [6.45, 7) is 3.32. The van der Waals surface area contributed by atoms with Crippen molar-refractivity contribution < 1.29 is 13.9 Å². The van der Waals surface area contributed by atoms with Gasteiger partial charge in [-0.1, -0.05) is 24.3 Å². The molecule has 2 atom stereocenters. The highest BCUT2D eigenvalue weighted by atomic mass is 32.2. The lowest BCUT2D eigenvalue weighted by Crippen LogP contribution is -2.39. The Balaban J connectivity index is 1.16. The molecule has 9 heteroatoms. The molecule has 3 aliphatic heterocycles. The van der Waals surface area contributed by atoms with Crippen molar-refractivity contribution in [2.75, 3.05) is 36.9 Å². The summed E-state index contributed by atoms with van der Waals surface area (Å²) in [5.74, 6) is 1.79. The van der Waals surface area contributed by atoms with Crippen LogP contribution in [0.15, 0.2) is 64.0 Å². The van der Waals surface area contributed by atoms with Crippen molar-refractivity contribution in [3.63, 3.8) is 0 Å². The van der Waals surface area contributed by atoms with E-state index in [-0.39, 0.29) is 23.1 Å². The van der Waals surface area contributed by atoms with Crippen LogP contribution in [0.1, 0.15) is 17.5 Å². The summed E-state index contributed by atoms with van der Waals surface area (Å²) >= 11 is 0. The molecule has 2 aromatic rings. The van der Waals surface area contributed by atoms with Gasteiger partial charge in [-0.2, -0.15) is 15.3 Å². The quantitative estimate of drug-likeness (QED) is 0.579. The number of hydrazone groups is 1. The Morgan fingerprint density at radius 2 is 2.18 bits per heavy atom. The maximum Gasteiger partial charge on any atom is 0.215 e. The summed E-state index contributed by atoms with van der Waals surface area (Å²) < 4.78 is 25.4. The molecule has 5 rings (SSSR count). The molecule has 0 saturated carbocycles. The van der Waals surface area contributed by atoms with Crippen LogP contribution in [0, 0.1) is 17.1 Å². The number of pyridine rings is 1. The largest absolute Gasteiger partial charge is 0.473 e.